The fraction of sp³-hybridized carbons (Fsp3) is 0. The summed E-state index contributed by atoms with van der Waals surface area (Å²) in [6.45, 7) is 0. The van der Waals surface area contributed by atoms with Crippen molar-refractivity contribution in [3.05, 3.63) is 35.8 Å². The monoisotopic (exact) mass is 245 g/mol. The summed E-state index contributed by atoms with van der Waals surface area (Å²) in [6, 6.07) is 1.17. The van der Waals surface area contributed by atoms with E-state index in [1.807, 2.05) is 0 Å². The fourth-order valence-corrected chi connectivity index (χ4v) is 1.70. The highest BCUT2D eigenvalue weighted by atomic mass is 32.1. The van der Waals surface area contributed by atoms with Crippen LogP contribution in [0.2, 0.25) is 0 Å². The molecule has 0 aliphatic carbocycles. The molecule has 3 N–H and O–H groups in total. The van der Waals surface area contributed by atoms with Gasteiger partial charge in [0.25, 0.3) is 0 Å². The van der Waals surface area contributed by atoms with Crippen molar-refractivity contribution in [3.63, 3.8) is 0 Å². The molecule has 0 radical (unpaired) electrons. The first-order valence-corrected chi connectivity index (χ1v) is 5.01. The molecule has 0 aliphatic heterocycles. The third kappa shape index (κ3) is 2.08. The molecular weight excluding hydrogens is 239 g/mol. The summed E-state index contributed by atoms with van der Waals surface area (Å²) in [6.07, 6.45) is 1.35. The van der Waals surface area contributed by atoms with Crippen molar-refractivity contribution < 1.29 is 13.2 Å². The van der Waals surface area contributed by atoms with Crippen molar-refractivity contribution in [2.75, 3.05) is 11.1 Å². The minimum atomic E-state index is -1.02. The summed E-state index contributed by atoms with van der Waals surface area (Å²) in [4.78, 5) is 3.77. The average molecular weight is 245 g/mol. The molecule has 0 saturated carbocycles. The summed E-state index contributed by atoms with van der Waals surface area (Å²) in [5.74, 6) is -3.02. The molecule has 2 aromatic rings. The Labute approximate surface area is 92.7 Å². The summed E-state index contributed by atoms with van der Waals surface area (Å²) in [5.41, 5.74) is 4.95. The summed E-state index contributed by atoms with van der Waals surface area (Å²) < 4.78 is 39.0. The number of hydrogen-bond acceptors (Lipinski definition) is 4. The topological polar surface area (TPSA) is 50.9 Å². The van der Waals surface area contributed by atoms with Crippen LogP contribution in [-0.4, -0.2) is 4.98 Å². The maximum absolute atomic E-state index is 13.2. The van der Waals surface area contributed by atoms with Crippen LogP contribution < -0.4 is 11.1 Å². The van der Waals surface area contributed by atoms with Gasteiger partial charge in [-0.05, 0) is 0 Å². The first kappa shape index (κ1) is 10.7. The van der Waals surface area contributed by atoms with Gasteiger partial charge < -0.3 is 11.1 Å². The predicted molar refractivity (Wildman–Crippen MR) is 56.1 cm³/mol. The van der Waals surface area contributed by atoms with Gasteiger partial charge in [-0.3, -0.25) is 0 Å². The van der Waals surface area contributed by atoms with Crippen molar-refractivity contribution in [2.45, 2.75) is 0 Å². The van der Waals surface area contributed by atoms with Gasteiger partial charge in [0.15, 0.2) is 16.8 Å². The van der Waals surface area contributed by atoms with E-state index in [1.54, 1.807) is 0 Å². The van der Waals surface area contributed by atoms with Gasteiger partial charge in [0.2, 0.25) is 0 Å². The number of hydrogen-bond donors (Lipinski definition) is 2. The summed E-state index contributed by atoms with van der Waals surface area (Å²) >= 11 is 1.03. The van der Waals surface area contributed by atoms with E-state index in [9.17, 15) is 13.2 Å². The second-order valence-electron chi connectivity index (χ2n) is 2.94. The number of rotatable bonds is 2. The van der Waals surface area contributed by atoms with Crippen LogP contribution in [0.1, 0.15) is 0 Å². The lowest BCUT2D eigenvalue weighted by Gasteiger charge is -2.05. The van der Waals surface area contributed by atoms with Crippen molar-refractivity contribution in [1.29, 1.82) is 0 Å². The molecule has 7 heteroatoms. The maximum Gasteiger partial charge on any atom is 0.189 e. The third-order valence-electron chi connectivity index (χ3n) is 1.76. The Morgan fingerprint density at radius 1 is 1.19 bits per heavy atom. The smallest absolute Gasteiger partial charge is 0.189 e. The number of anilines is 3. The maximum atomic E-state index is 13.2. The molecular formula is C9H6F3N3S. The highest BCUT2D eigenvalue weighted by Crippen LogP contribution is 2.27. The van der Waals surface area contributed by atoms with Gasteiger partial charge >= 0.3 is 0 Å². The van der Waals surface area contributed by atoms with Gasteiger partial charge in [-0.2, -0.15) is 0 Å². The first-order chi connectivity index (χ1) is 7.56. The van der Waals surface area contributed by atoms with E-state index in [2.05, 4.69) is 10.3 Å². The molecule has 84 valence electrons. The van der Waals surface area contributed by atoms with Crippen LogP contribution in [0.4, 0.5) is 29.0 Å². The molecule has 2 rings (SSSR count). The minimum Gasteiger partial charge on any atom is -0.389 e. The van der Waals surface area contributed by atoms with Gasteiger partial charge in [-0.15, -0.1) is 0 Å². The number of nitrogen functional groups attached to an aromatic ring is 1. The highest BCUT2D eigenvalue weighted by molar-refractivity contribution is 7.19. The molecule has 16 heavy (non-hydrogen) atoms. The Morgan fingerprint density at radius 2 is 1.81 bits per heavy atom. The molecule has 1 aromatic heterocycles. The lowest BCUT2D eigenvalue weighted by Crippen LogP contribution is -1.98. The number of halogens is 3. The number of nitrogens with zero attached hydrogens (tertiary/aromatic N) is 1. The number of nitrogens with two attached hydrogens (primary N) is 1. The molecule has 0 fully saturated rings. The van der Waals surface area contributed by atoms with E-state index in [0.717, 1.165) is 11.3 Å². The zero-order chi connectivity index (χ0) is 11.7. The van der Waals surface area contributed by atoms with Crippen LogP contribution in [0, 0.1) is 17.5 Å². The number of benzene rings is 1. The zero-order valence-corrected chi connectivity index (χ0v) is 8.62. The molecule has 3 nitrogen and oxygen atoms in total. The Morgan fingerprint density at radius 3 is 2.31 bits per heavy atom. The van der Waals surface area contributed by atoms with E-state index in [4.69, 9.17) is 5.73 Å². The van der Waals surface area contributed by atoms with Crippen LogP contribution in [0.15, 0.2) is 18.3 Å². The van der Waals surface area contributed by atoms with Crippen LogP contribution >= 0.6 is 11.3 Å². The van der Waals surface area contributed by atoms with E-state index in [1.165, 1.54) is 6.20 Å². The fourth-order valence-electron chi connectivity index (χ4n) is 1.11. The van der Waals surface area contributed by atoms with Crippen LogP contribution in [0.25, 0.3) is 0 Å². The minimum absolute atomic E-state index is 0.238. The summed E-state index contributed by atoms with van der Waals surface area (Å²) in [5, 5.41) is 3.04. The largest absolute Gasteiger partial charge is 0.389 e. The van der Waals surface area contributed by atoms with Crippen LogP contribution in [-0.2, 0) is 0 Å². The predicted octanol–water partition coefficient (Wildman–Crippen LogP) is 2.89. The number of thiazole rings is 1. The van der Waals surface area contributed by atoms with Crippen LogP contribution in [0.3, 0.4) is 0 Å². The van der Waals surface area contributed by atoms with Crippen molar-refractivity contribution in [2.24, 2.45) is 0 Å². The van der Waals surface area contributed by atoms with Gasteiger partial charge in [-0.25, -0.2) is 18.2 Å². The zero-order valence-electron chi connectivity index (χ0n) is 7.80. The molecule has 0 aliphatic rings. The first-order valence-electron chi connectivity index (χ1n) is 4.19. The summed E-state index contributed by atoms with van der Waals surface area (Å²) in [7, 11) is 0. The lowest BCUT2D eigenvalue weighted by molar-refractivity contribution is 0.549. The van der Waals surface area contributed by atoms with Crippen molar-refractivity contribution in [3.8, 4) is 0 Å². The van der Waals surface area contributed by atoms with E-state index in [0.29, 0.717) is 17.1 Å². The molecule has 1 aromatic carbocycles. The van der Waals surface area contributed by atoms with Gasteiger partial charge in [0, 0.05) is 12.1 Å². The Kier molecular flexibility index (Phi) is 2.69. The quantitative estimate of drug-likeness (QED) is 0.855. The van der Waals surface area contributed by atoms with Gasteiger partial charge in [0.1, 0.15) is 16.5 Å². The average Bonchev–Trinajstić information content (AvgIpc) is 2.58. The van der Waals surface area contributed by atoms with Gasteiger partial charge in [0.05, 0.1) is 6.20 Å². The molecule has 0 bridgehead atoms. The molecule has 0 amide bonds. The SMILES string of the molecule is Nc1cnc(Nc2c(F)cc(F)cc2F)s1. The Balaban J connectivity index is 2.34. The lowest BCUT2D eigenvalue weighted by atomic mass is 10.3. The molecule has 1 heterocycles. The Hall–Kier alpha value is -1.76. The number of aromatic nitrogens is 1. The van der Waals surface area contributed by atoms with Crippen LogP contribution in [0.5, 0.6) is 0 Å². The van der Waals surface area contributed by atoms with Crippen molar-refractivity contribution in [1.82, 2.24) is 4.98 Å². The van der Waals surface area contributed by atoms with E-state index < -0.39 is 23.1 Å². The molecule has 0 saturated heterocycles. The molecule has 0 atom stereocenters. The normalized spacial score (nSPS) is 10.4. The second kappa shape index (κ2) is 4.01. The molecule has 0 spiro atoms. The standard InChI is InChI=1S/C9H6F3N3S/c10-4-1-5(11)8(6(12)2-4)15-9-14-3-7(13)16-9/h1-3H,13H2,(H,14,15). The highest BCUT2D eigenvalue weighted by Gasteiger charge is 2.12. The van der Waals surface area contributed by atoms with Crippen molar-refractivity contribution >= 4 is 27.2 Å². The molecule has 0 unspecified atom stereocenters. The van der Waals surface area contributed by atoms with Gasteiger partial charge in [-0.1, -0.05) is 11.3 Å². The van der Waals surface area contributed by atoms with E-state index in [-0.39, 0.29) is 5.13 Å². The Bertz CT molecular complexity index is 503. The van der Waals surface area contributed by atoms with E-state index >= 15 is 0 Å². The third-order valence-corrected chi connectivity index (χ3v) is 2.50. The number of nitrogens with one attached hydrogen (secondary N) is 1. The second-order valence-corrected chi connectivity index (χ2v) is 4.00.